The molecule has 6 rings (SSSR count). The summed E-state index contributed by atoms with van der Waals surface area (Å²) in [5.74, 6) is 0.328. The maximum atomic E-state index is 9.94. The summed E-state index contributed by atoms with van der Waals surface area (Å²) >= 11 is 12.2. The number of halogens is 2. The lowest BCUT2D eigenvalue weighted by atomic mass is 9.80. The number of rotatable bonds is 2. The van der Waals surface area contributed by atoms with Crippen LogP contribution in [0.5, 0.6) is 11.5 Å². The van der Waals surface area contributed by atoms with E-state index in [2.05, 4.69) is 12.1 Å². The van der Waals surface area contributed by atoms with Crippen LogP contribution in [0, 0.1) is 22.7 Å². The Morgan fingerprint density at radius 2 is 0.974 bits per heavy atom. The summed E-state index contributed by atoms with van der Waals surface area (Å²) in [6, 6.07) is 26.8. The molecular formula is C30H18Cl2N4O2. The molecule has 0 spiro atoms. The number of allylic oxidation sites excluding steroid dienone is 2. The van der Waals surface area contributed by atoms with Gasteiger partial charge in [0.05, 0.1) is 11.8 Å². The maximum absolute atomic E-state index is 9.94. The zero-order valence-corrected chi connectivity index (χ0v) is 21.2. The minimum Gasteiger partial charge on any atom is -0.440 e. The molecule has 0 fully saturated rings. The Morgan fingerprint density at radius 1 is 0.605 bits per heavy atom. The fourth-order valence-corrected chi connectivity index (χ4v) is 5.41. The van der Waals surface area contributed by atoms with Gasteiger partial charge in [-0.15, -0.1) is 0 Å². The molecule has 0 aliphatic carbocycles. The summed E-state index contributed by atoms with van der Waals surface area (Å²) in [6.07, 6.45) is 0. The standard InChI is InChI=1S/C30H18Cl2N4O2/c31-19-5-1-15(2-6-19)27-21-9-17-10-22-26(12-18(17)11-25(21)37-29(35)23(27)13-33)38-30(36)24(14-34)28(22)16-3-7-20(32)8-4-16/h1-12,27-28H,35-36H2/t27-,28-/m0/s1. The van der Waals surface area contributed by atoms with Crippen LogP contribution in [0.4, 0.5) is 0 Å². The van der Waals surface area contributed by atoms with Crippen LogP contribution in [0.25, 0.3) is 10.8 Å². The molecule has 184 valence electrons. The lowest BCUT2D eigenvalue weighted by molar-refractivity contribution is 0.393. The Labute approximate surface area is 228 Å². The molecule has 2 aliphatic heterocycles. The highest BCUT2D eigenvalue weighted by Crippen LogP contribution is 2.48. The number of fused-ring (bicyclic) bond motifs is 3. The van der Waals surface area contributed by atoms with E-state index in [1.54, 1.807) is 24.3 Å². The fraction of sp³-hybridized carbons (Fsp3) is 0.0667. The topological polar surface area (TPSA) is 118 Å². The molecule has 4 aromatic carbocycles. The molecule has 0 saturated carbocycles. The molecule has 4 aromatic rings. The van der Waals surface area contributed by atoms with Gasteiger partial charge in [0, 0.05) is 21.2 Å². The van der Waals surface area contributed by atoms with E-state index in [0.717, 1.165) is 33.0 Å². The molecule has 6 nitrogen and oxygen atoms in total. The van der Waals surface area contributed by atoms with Crippen molar-refractivity contribution < 1.29 is 9.47 Å². The van der Waals surface area contributed by atoms with E-state index in [4.69, 9.17) is 44.1 Å². The van der Waals surface area contributed by atoms with Crippen molar-refractivity contribution in [2.45, 2.75) is 11.8 Å². The Balaban J connectivity index is 1.57. The lowest BCUT2D eigenvalue weighted by Gasteiger charge is -2.29. The van der Waals surface area contributed by atoms with Crippen LogP contribution in [0.3, 0.4) is 0 Å². The zero-order chi connectivity index (χ0) is 26.6. The smallest absolute Gasteiger partial charge is 0.205 e. The average Bonchev–Trinajstić information content (AvgIpc) is 2.91. The highest BCUT2D eigenvalue weighted by atomic mass is 35.5. The van der Waals surface area contributed by atoms with Crippen molar-refractivity contribution in [1.29, 1.82) is 10.5 Å². The molecule has 2 aliphatic rings. The van der Waals surface area contributed by atoms with Crippen molar-refractivity contribution in [2.24, 2.45) is 11.5 Å². The van der Waals surface area contributed by atoms with Gasteiger partial charge in [0.25, 0.3) is 0 Å². The van der Waals surface area contributed by atoms with Crippen molar-refractivity contribution >= 4 is 34.0 Å². The normalized spacial score (nSPS) is 18.1. The predicted molar refractivity (Wildman–Crippen MR) is 145 cm³/mol. The first kappa shape index (κ1) is 23.8. The van der Waals surface area contributed by atoms with Crippen molar-refractivity contribution in [3.63, 3.8) is 0 Å². The van der Waals surface area contributed by atoms with Crippen LogP contribution in [-0.4, -0.2) is 0 Å². The number of hydrogen-bond acceptors (Lipinski definition) is 6. The third-order valence-electron chi connectivity index (χ3n) is 6.92. The molecule has 4 N–H and O–H groups in total. The van der Waals surface area contributed by atoms with Crippen molar-refractivity contribution in [3.8, 4) is 23.6 Å². The van der Waals surface area contributed by atoms with Crippen LogP contribution >= 0.6 is 23.2 Å². The highest BCUT2D eigenvalue weighted by Gasteiger charge is 2.33. The second kappa shape index (κ2) is 9.04. The van der Waals surface area contributed by atoms with Crippen LogP contribution in [0.15, 0.2) is 95.7 Å². The molecule has 2 heterocycles. The molecule has 0 radical (unpaired) electrons. The minimum absolute atomic E-state index is 0.0575. The molecule has 0 bridgehead atoms. The second-order valence-electron chi connectivity index (χ2n) is 9.08. The van der Waals surface area contributed by atoms with Crippen LogP contribution in [-0.2, 0) is 0 Å². The molecular weight excluding hydrogens is 519 g/mol. The fourth-order valence-electron chi connectivity index (χ4n) is 5.16. The van der Waals surface area contributed by atoms with E-state index in [1.807, 2.05) is 48.5 Å². The van der Waals surface area contributed by atoms with Gasteiger partial charge >= 0.3 is 0 Å². The van der Waals surface area contributed by atoms with Crippen LogP contribution in [0.1, 0.15) is 34.1 Å². The summed E-state index contributed by atoms with van der Waals surface area (Å²) in [4.78, 5) is 0. The van der Waals surface area contributed by atoms with Gasteiger partial charge in [0.1, 0.15) is 34.8 Å². The SMILES string of the molecule is N#CC1=C(N)Oc2cc3cc4c(cc3cc2[C@@H]1c1ccc(Cl)cc1)[C@H](c1ccc(Cl)cc1)C(C#N)=C(N)O4. The van der Waals surface area contributed by atoms with E-state index in [9.17, 15) is 10.5 Å². The van der Waals surface area contributed by atoms with Gasteiger partial charge in [-0.05, 0) is 70.4 Å². The summed E-state index contributed by atoms with van der Waals surface area (Å²) in [5.41, 5.74) is 16.3. The first-order valence-electron chi connectivity index (χ1n) is 11.7. The summed E-state index contributed by atoms with van der Waals surface area (Å²) in [5, 5.41) is 22.8. The van der Waals surface area contributed by atoms with Crippen LogP contribution in [0.2, 0.25) is 10.0 Å². The number of benzene rings is 4. The van der Waals surface area contributed by atoms with E-state index in [-0.39, 0.29) is 11.8 Å². The molecule has 38 heavy (non-hydrogen) atoms. The molecule has 0 amide bonds. The molecule has 2 atom stereocenters. The van der Waals surface area contributed by atoms with Crippen molar-refractivity contribution in [3.05, 3.63) is 128 Å². The van der Waals surface area contributed by atoms with E-state index in [0.29, 0.717) is 32.7 Å². The van der Waals surface area contributed by atoms with Gasteiger partial charge in [-0.1, -0.05) is 47.5 Å². The maximum Gasteiger partial charge on any atom is 0.205 e. The lowest BCUT2D eigenvalue weighted by Crippen LogP contribution is -2.22. The van der Waals surface area contributed by atoms with Crippen molar-refractivity contribution in [2.75, 3.05) is 0 Å². The Morgan fingerprint density at radius 3 is 1.34 bits per heavy atom. The van der Waals surface area contributed by atoms with Crippen LogP contribution < -0.4 is 20.9 Å². The largest absolute Gasteiger partial charge is 0.440 e. The van der Waals surface area contributed by atoms with E-state index < -0.39 is 11.8 Å². The number of nitrogens with zero attached hydrogens (tertiary/aromatic N) is 2. The number of nitriles is 2. The van der Waals surface area contributed by atoms with Crippen molar-refractivity contribution in [1.82, 2.24) is 0 Å². The van der Waals surface area contributed by atoms with Gasteiger partial charge < -0.3 is 20.9 Å². The Kier molecular flexibility index (Phi) is 5.65. The zero-order valence-electron chi connectivity index (χ0n) is 19.7. The third-order valence-corrected chi connectivity index (χ3v) is 7.42. The Hall–Kier alpha value is -4.62. The third kappa shape index (κ3) is 3.79. The number of hydrogen-bond donors (Lipinski definition) is 2. The number of ether oxygens (including phenoxy) is 2. The first-order valence-corrected chi connectivity index (χ1v) is 12.4. The molecule has 0 aromatic heterocycles. The summed E-state index contributed by atoms with van der Waals surface area (Å²) in [6.45, 7) is 0. The van der Waals surface area contributed by atoms with Gasteiger partial charge in [-0.2, -0.15) is 10.5 Å². The molecule has 8 heteroatoms. The monoisotopic (exact) mass is 536 g/mol. The summed E-state index contributed by atoms with van der Waals surface area (Å²) in [7, 11) is 0. The van der Waals surface area contributed by atoms with Gasteiger partial charge in [-0.3, -0.25) is 0 Å². The Bertz CT molecular complexity index is 1650. The van der Waals surface area contributed by atoms with Gasteiger partial charge in [-0.25, -0.2) is 0 Å². The molecule has 0 unspecified atom stereocenters. The van der Waals surface area contributed by atoms with Gasteiger partial charge in [0.2, 0.25) is 11.8 Å². The van der Waals surface area contributed by atoms with Gasteiger partial charge in [0.15, 0.2) is 0 Å². The van der Waals surface area contributed by atoms with E-state index in [1.165, 1.54) is 0 Å². The second-order valence-corrected chi connectivity index (χ2v) is 9.95. The quantitative estimate of drug-likeness (QED) is 0.298. The minimum atomic E-state index is -0.435. The van der Waals surface area contributed by atoms with E-state index >= 15 is 0 Å². The first-order chi connectivity index (χ1) is 18.4. The average molecular weight is 537 g/mol. The number of nitrogens with two attached hydrogens (primary N) is 2. The predicted octanol–water partition coefficient (Wildman–Crippen LogP) is 6.58. The highest BCUT2D eigenvalue weighted by molar-refractivity contribution is 6.30. The summed E-state index contributed by atoms with van der Waals surface area (Å²) < 4.78 is 11.8. The molecule has 0 saturated heterocycles.